The van der Waals surface area contributed by atoms with Crippen molar-refractivity contribution in [3.05, 3.63) is 6.33 Å². The molecule has 0 aliphatic rings. The predicted molar refractivity (Wildman–Crippen MR) is 43.3 cm³/mol. The van der Waals surface area contributed by atoms with Crippen LogP contribution in [-0.2, 0) is 6.54 Å². The molecule has 0 aliphatic carbocycles. The molecule has 0 spiro atoms. The van der Waals surface area contributed by atoms with Crippen LogP contribution in [0, 0.1) is 5.41 Å². The van der Waals surface area contributed by atoms with Gasteiger partial charge in [-0.05, 0) is 22.3 Å². The molecule has 0 saturated heterocycles. The molecule has 0 aliphatic heterocycles. The first-order valence-electron chi connectivity index (χ1n) is 3.96. The Morgan fingerprint density at radius 2 is 2.25 bits per heavy atom. The Bertz CT molecular complexity index is 219. The lowest BCUT2D eigenvalue weighted by atomic mass is 9.91. The fourth-order valence-electron chi connectivity index (χ4n) is 0.779. The summed E-state index contributed by atoms with van der Waals surface area (Å²) >= 11 is 0. The third kappa shape index (κ3) is 2.58. The van der Waals surface area contributed by atoms with Gasteiger partial charge in [-0.15, -0.1) is 5.10 Å². The van der Waals surface area contributed by atoms with E-state index in [4.69, 9.17) is 5.11 Å². The van der Waals surface area contributed by atoms with Crippen LogP contribution in [0.3, 0.4) is 0 Å². The average molecular weight is 170 g/mol. The van der Waals surface area contributed by atoms with E-state index in [1.54, 1.807) is 11.0 Å². The molecule has 0 aromatic carbocycles. The number of hydrogen-bond acceptors (Lipinski definition) is 4. The molecule has 1 rings (SSSR count). The summed E-state index contributed by atoms with van der Waals surface area (Å²) in [6, 6.07) is 0. The zero-order chi connectivity index (χ0) is 9.03. The zero-order valence-corrected chi connectivity index (χ0v) is 7.43. The molecule has 1 aromatic rings. The van der Waals surface area contributed by atoms with E-state index in [2.05, 4.69) is 15.5 Å². The number of aromatic nitrogens is 4. The monoisotopic (exact) mass is 170 g/mol. The Labute approximate surface area is 71.4 Å². The van der Waals surface area contributed by atoms with Crippen molar-refractivity contribution in [3.8, 4) is 0 Å². The molecule has 0 atom stereocenters. The average Bonchev–Trinajstić information content (AvgIpc) is 2.53. The third-order valence-corrected chi connectivity index (χ3v) is 1.84. The Balaban J connectivity index is 2.36. The maximum absolute atomic E-state index is 8.96. The lowest BCUT2D eigenvalue weighted by Gasteiger charge is -2.20. The van der Waals surface area contributed by atoms with Gasteiger partial charge in [-0.3, -0.25) is 0 Å². The SMILES string of the molecule is CC(C)(CO)CCn1cnnn1. The van der Waals surface area contributed by atoms with E-state index in [1.165, 1.54) is 0 Å². The van der Waals surface area contributed by atoms with E-state index in [0.29, 0.717) is 0 Å². The highest BCUT2D eigenvalue weighted by Crippen LogP contribution is 2.19. The summed E-state index contributed by atoms with van der Waals surface area (Å²) in [6.45, 7) is 4.96. The maximum Gasteiger partial charge on any atom is 0.138 e. The first-order valence-corrected chi connectivity index (χ1v) is 3.96. The summed E-state index contributed by atoms with van der Waals surface area (Å²) in [7, 11) is 0. The zero-order valence-electron chi connectivity index (χ0n) is 7.43. The number of hydrogen-bond donors (Lipinski definition) is 1. The van der Waals surface area contributed by atoms with Gasteiger partial charge in [0.2, 0.25) is 0 Å². The minimum atomic E-state index is -0.0497. The van der Waals surface area contributed by atoms with Crippen molar-refractivity contribution in [1.82, 2.24) is 20.2 Å². The molecule has 0 fully saturated rings. The summed E-state index contributed by atoms with van der Waals surface area (Å²) in [5, 5.41) is 19.7. The molecule has 1 N–H and O–H groups in total. The topological polar surface area (TPSA) is 63.8 Å². The first kappa shape index (κ1) is 9.12. The van der Waals surface area contributed by atoms with Gasteiger partial charge in [-0.1, -0.05) is 13.8 Å². The molecule has 0 saturated carbocycles. The predicted octanol–water partition coefficient (Wildman–Crippen LogP) is 0.0817. The van der Waals surface area contributed by atoms with Crippen LogP contribution in [0.4, 0.5) is 0 Å². The molecular formula is C7H14N4O. The molecule has 0 unspecified atom stereocenters. The molecule has 0 bridgehead atoms. The van der Waals surface area contributed by atoms with Gasteiger partial charge >= 0.3 is 0 Å². The second kappa shape index (κ2) is 3.62. The van der Waals surface area contributed by atoms with E-state index >= 15 is 0 Å². The van der Waals surface area contributed by atoms with Crippen LogP contribution in [0.2, 0.25) is 0 Å². The van der Waals surface area contributed by atoms with E-state index in [-0.39, 0.29) is 12.0 Å². The fraction of sp³-hybridized carbons (Fsp3) is 0.857. The Kier molecular flexibility index (Phi) is 2.75. The number of aliphatic hydroxyl groups is 1. The van der Waals surface area contributed by atoms with Crippen molar-refractivity contribution in [2.24, 2.45) is 5.41 Å². The minimum Gasteiger partial charge on any atom is -0.396 e. The molecule has 5 nitrogen and oxygen atoms in total. The summed E-state index contributed by atoms with van der Waals surface area (Å²) in [5.41, 5.74) is -0.0497. The number of tetrazole rings is 1. The van der Waals surface area contributed by atoms with Gasteiger partial charge in [0.25, 0.3) is 0 Å². The highest BCUT2D eigenvalue weighted by Gasteiger charge is 2.16. The summed E-state index contributed by atoms with van der Waals surface area (Å²) in [4.78, 5) is 0. The van der Waals surface area contributed by atoms with Gasteiger partial charge < -0.3 is 5.11 Å². The lowest BCUT2D eigenvalue weighted by molar-refractivity contribution is 0.143. The normalized spacial score (nSPS) is 11.9. The molecule has 5 heteroatoms. The van der Waals surface area contributed by atoms with E-state index in [9.17, 15) is 0 Å². The van der Waals surface area contributed by atoms with E-state index in [1.807, 2.05) is 13.8 Å². The van der Waals surface area contributed by atoms with Crippen LogP contribution in [-0.4, -0.2) is 31.9 Å². The maximum atomic E-state index is 8.96. The number of aliphatic hydroxyl groups excluding tert-OH is 1. The Morgan fingerprint density at radius 1 is 1.50 bits per heavy atom. The van der Waals surface area contributed by atoms with Crippen LogP contribution in [0.25, 0.3) is 0 Å². The van der Waals surface area contributed by atoms with Crippen molar-refractivity contribution >= 4 is 0 Å². The van der Waals surface area contributed by atoms with Gasteiger partial charge in [-0.2, -0.15) is 0 Å². The molecule has 0 amide bonds. The van der Waals surface area contributed by atoms with Gasteiger partial charge in [0.05, 0.1) is 0 Å². The van der Waals surface area contributed by atoms with E-state index < -0.39 is 0 Å². The minimum absolute atomic E-state index is 0.0497. The van der Waals surface area contributed by atoms with Crippen LogP contribution in [0.5, 0.6) is 0 Å². The van der Waals surface area contributed by atoms with Crippen molar-refractivity contribution < 1.29 is 5.11 Å². The molecule has 12 heavy (non-hydrogen) atoms. The standard InChI is InChI=1S/C7H14N4O/c1-7(2,5-12)3-4-11-6-8-9-10-11/h6,12H,3-5H2,1-2H3. The molecular weight excluding hydrogens is 156 g/mol. The van der Waals surface area contributed by atoms with Gasteiger partial charge in [0, 0.05) is 13.2 Å². The van der Waals surface area contributed by atoms with Crippen LogP contribution in [0.1, 0.15) is 20.3 Å². The largest absolute Gasteiger partial charge is 0.396 e. The summed E-state index contributed by atoms with van der Waals surface area (Å²) in [5.74, 6) is 0. The van der Waals surface area contributed by atoms with Crippen LogP contribution in [0.15, 0.2) is 6.33 Å². The van der Waals surface area contributed by atoms with Crippen LogP contribution >= 0.6 is 0 Å². The summed E-state index contributed by atoms with van der Waals surface area (Å²) in [6.07, 6.45) is 2.45. The third-order valence-electron chi connectivity index (χ3n) is 1.84. The van der Waals surface area contributed by atoms with Crippen molar-refractivity contribution in [2.45, 2.75) is 26.8 Å². The van der Waals surface area contributed by atoms with Crippen LogP contribution < -0.4 is 0 Å². The smallest absolute Gasteiger partial charge is 0.138 e. The lowest BCUT2D eigenvalue weighted by Crippen LogP contribution is -2.19. The quantitative estimate of drug-likeness (QED) is 0.695. The van der Waals surface area contributed by atoms with Gasteiger partial charge in [-0.25, -0.2) is 4.68 Å². The molecule has 1 aromatic heterocycles. The first-order chi connectivity index (χ1) is 5.64. The van der Waals surface area contributed by atoms with Crippen molar-refractivity contribution in [3.63, 3.8) is 0 Å². The molecule has 68 valence electrons. The Morgan fingerprint density at radius 3 is 2.75 bits per heavy atom. The van der Waals surface area contributed by atoms with Crippen molar-refractivity contribution in [1.29, 1.82) is 0 Å². The second-order valence-corrected chi connectivity index (χ2v) is 3.65. The summed E-state index contributed by atoms with van der Waals surface area (Å²) < 4.78 is 1.66. The van der Waals surface area contributed by atoms with Gasteiger partial charge in [0.1, 0.15) is 6.33 Å². The number of rotatable bonds is 4. The number of aryl methyl sites for hydroxylation is 1. The van der Waals surface area contributed by atoms with E-state index in [0.717, 1.165) is 13.0 Å². The second-order valence-electron chi connectivity index (χ2n) is 3.65. The molecule has 1 heterocycles. The fourth-order valence-corrected chi connectivity index (χ4v) is 0.779. The Hall–Kier alpha value is -0.970. The van der Waals surface area contributed by atoms with Crippen molar-refractivity contribution in [2.75, 3.05) is 6.61 Å². The number of nitrogens with zero attached hydrogens (tertiary/aromatic N) is 4. The molecule has 0 radical (unpaired) electrons. The highest BCUT2D eigenvalue weighted by molar-refractivity contribution is 4.66. The van der Waals surface area contributed by atoms with Gasteiger partial charge in [0.15, 0.2) is 0 Å². The highest BCUT2D eigenvalue weighted by atomic mass is 16.3.